The fourth-order valence-electron chi connectivity index (χ4n) is 4.89. The molecule has 42 heavy (non-hydrogen) atoms. The van der Waals surface area contributed by atoms with E-state index in [0.29, 0.717) is 43.2 Å². The third kappa shape index (κ3) is 7.63. The van der Waals surface area contributed by atoms with Crippen LogP contribution in [0.1, 0.15) is 50.7 Å². The van der Waals surface area contributed by atoms with Crippen molar-refractivity contribution in [3.8, 4) is 5.75 Å². The van der Waals surface area contributed by atoms with Crippen molar-refractivity contribution in [3.05, 3.63) is 65.7 Å². The van der Waals surface area contributed by atoms with Gasteiger partial charge < -0.3 is 31.6 Å². The molecular formula is C31H38ClN5O5. The Morgan fingerprint density at radius 1 is 1.10 bits per heavy atom. The average Bonchev–Trinajstić information content (AvgIpc) is 3.32. The molecule has 0 aromatic heterocycles. The molecule has 1 unspecified atom stereocenters. The number of hydrogen-bond acceptors (Lipinski definition) is 6. The SMILES string of the molecule is CC(C)(C)OC(=O)N1C[C@@H](CCl)c2c1cc(OCc1ccc(NC(=O)C(N)CCCNC(N)=O)cc1)c1ccccc21. The molecule has 0 saturated heterocycles. The first kappa shape index (κ1) is 30.9. The Labute approximate surface area is 250 Å². The summed E-state index contributed by atoms with van der Waals surface area (Å²) in [6, 6.07) is 15.8. The van der Waals surface area contributed by atoms with Gasteiger partial charge in [-0.1, -0.05) is 36.4 Å². The molecule has 0 aliphatic carbocycles. The summed E-state index contributed by atoms with van der Waals surface area (Å²) in [6.07, 6.45) is 0.522. The van der Waals surface area contributed by atoms with E-state index in [1.54, 1.807) is 17.0 Å². The first-order chi connectivity index (χ1) is 20.0. The molecule has 0 radical (unpaired) electrons. The van der Waals surface area contributed by atoms with Crippen LogP contribution in [-0.4, -0.2) is 48.6 Å². The summed E-state index contributed by atoms with van der Waals surface area (Å²) in [6.45, 7) is 6.59. The van der Waals surface area contributed by atoms with Crippen molar-refractivity contribution in [1.82, 2.24) is 5.32 Å². The van der Waals surface area contributed by atoms with E-state index in [1.165, 1.54) is 0 Å². The molecule has 224 valence electrons. The van der Waals surface area contributed by atoms with E-state index < -0.39 is 23.8 Å². The molecule has 0 spiro atoms. The van der Waals surface area contributed by atoms with E-state index in [2.05, 4.69) is 10.6 Å². The number of alkyl halides is 1. The number of ether oxygens (including phenoxy) is 2. The monoisotopic (exact) mass is 595 g/mol. The molecule has 4 rings (SSSR count). The van der Waals surface area contributed by atoms with E-state index in [0.717, 1.165) is 27.6 Å². The number of hydrogen-bond donors (Lipinski definition) is 4. The molecule has 10 nitrogen and oxygen atoms in total. The van der Waals surface area contributed by atoms with Gasteiger partial charge in [-0.15, -0.1) is 11.6 Å². The van der Waals surface area contributed by atoms with Crippen LogP contribution < -0.4 is 31.7 Å². The van der Waals surface area contributed by atoms with Gasteiger partial charge in [0.25, 0.3) is 0 Å². The molecule has 11 heteroatoms. The van der Waals surface area contributed by atoms with Crippen molar-refractivity contribution >= 4 is 51.8 Å². The number of fused-ring (bicyclic) bond motifs is 3. The molecule has 1 aliphatic rings. The van der Waals surface area contributed by atoms with Crippen LogP contribution in [0.2, 0.25) is 0 Å². The summed E-state index contributed by atoms with van der Waals surface area (Å²) in [7, 11) is 0. The van der Waals surface area contributed by atoms with Crippen LogP contribution in [0.5, 0.6) is 5.75 Å². The van der Waals surface area contributed by atoms with E-state index in [-0.39, 0.29) is 18.4 Å². The molecule has 0 bridgehead atoms. The minimum atomic E-state index is -0.713. The molecule has 0 fully saturated rings. The Hall–Kier alpha value is -4.02. The van der Waals surface area contributed by atoms with Crippen molar-refractivity contribution in [2.45, 2.75) is 57.8 Å². The molecule has 2 atom stereocenters. The number of carbonyl (C=O) groups is 3. The predicted molar refractivity (Wildman–Crippen MR) is 165 cm³/mol. The normalized spacial score (nSPS) is 15.2. The lowest BCUT2D eigenvalue weighted by molar-refractivity contribution is -0.117. The third-order valence-electron chi connectivity index (χ3n) is 6.87. The zero-order valence-corrected chi connectivity index (χ0v) is 24.9. The minimum absolute atomic E-state index is 0.0317. The first-order valence-electron chi connectivity index (χ1n) is 13.9. The van der Waals surface area contributed by atoms with Crippen molar-refractivity contribution in [2.24, 2.45) is 11.5 Å². The molecule has 4 amide bonds. The molecule has 3 aromatic rings. The summed E-state index contributed by atoms with van der Waals surface area (Å²) in [5.74, 6) is 0.669. The molecule has 3 aromatic carbocycles. The molecule has 1 heterocycles. The quantitative estimate of drug-likeness (QED) is 0.187. The number of urea groups is 1. The lowest BCUT2D eigenvalue weighted by atomic mass is 9.95. The predicted octanol–water partition coefficient (Wildman–Crippen LogP) is 5.21. The summed E-state index contributed by atoms with van der Waals surface area (Å²) in [5.41, 5.74) is 13.6. The summed E-state index contributed by atoms with van der Waals surface area (Å²) >= 11 is 6.36. The lowest BCUT2D eigenvalue weighted by Crippen LogP contribution is -2.37. The lowest BCUT2D eigenvalue weighted by Gasteiger charge is -2.25. The number of nitrogens with zero attached hydrogens (tertiary/aromatic N) is 1. The number of rotatable bonds is 10. The maximum Gasteiger partial charge on any atom is 0.414 e. The minimum Gasteiger partial charge on any atom is -0.488 e. The zero-order chi connectivity index (χ0) is 30.4. The van der Waals surface area contributed by atoms with Gasteiger partial charge in [-0.25, -0.2) is 9.59 Å². The standard InChI is InChI=1S/C31H38ClN5O5/c1-31(2,3)42-30(40)37-17-20(16-32)27-23-8-5-4-7-22(23)26(15-25(27)37)41-18-19-10-12-21(13-11-19)36-28(38)24(33)9-6-14-35-29(34)39/h4-5,7-8,10-13,15,20,24H,6,9,14,16-18,33H2,1-3H3,(H,36,38)(H3,34,35,39)/t20-,24?/m1/s1. The first-order valence-corrected chi connectivity index (χ1v) is 14.4. The van der Waals surface area contributed by atoms with Gasteiger partial charge in [-0.3, -0.25) is 9.69 Å². The van der Waals surface area contributed by atoms with Crippen LogP contribution in [0.3, 0.4) is 0 Å². The van der Waals surface area contributed by atoms with Gasteiger partial charge in [0.2, 0.25) is 5.91 Å². The largest absolute Gasteiger partial charge is 0.488 e. The maximum absolute atomic E-state index is 13.1. The van der Waals surface area contributed by atoms with Crippen LogP contribution in [0.4, 0.5) is 21.0 Å². The van der Waals surface area contributed by atoms with E-state index in [4.69, 9.17) is 32.5 Å². The van der Waals surface area contributed by atoms with Crippen molar-refractivity contribution in [3.63, 3.8) is 0 Å². The van der Waals surface area contributed by atoms with E-state index >= 15 is 0 Å². The molecular weight excluding hydrogens is 558 g/mol. The highest BCUT2D eigenvalue weighted by atomic mass is 35.5. The second kappa shape index (κ2) is 13.3. The van der Waals surface area contributed by atoms with Crippen LogP contribution in [0.15, 0.2) is 54.6 Å². The fraction of sp³-hybridized carbons (Fsp3) is 0.387. The van der Waals surface area contributed by atoms with Crippen LogP contribution >= 0.6 is 11.6 Å². The van der Waals surface area contributed by atoms with Crippen molar-refractivity contribution in [2.75, 3.05) is 29.2 Å². The average molecular weight is 596 g/mol. The molecule has 1 aliphatic heterocycles. The molecule has 0 saturated carbocycles. The Kier molecular flexibility index (Phi) is 9.80. The Bertz CT molecular complexity index is 1440. The maximum atomic E-state index is 13.1. The zero-order valence-electron chi connectivity index (χ0n) is 24.1. The second-order valence-corrected chi connectivity index (χ2v) is 11.6. The summed E-state index contributed by atoms with van der Waals surface area (Å²) < 4.78 is 12.0. The van der Waals surface area contributed by atoms with Gasteiger partial charge in [0.05, 0.1) is 11.7 Å². The van der Waals surface area contributed by atoms with Gasteiger partial charge in [0.1, 0.15) is 18.0 Å². The second-order valence-electron chi connectivity index (χ2n) is 11.3. The van der Waals surface area contributed by atoms with Gasteiger partial charge in [-0.2, -0.15) is 0 Å². The number of benzene rings is 3. The van der Waals surface area contributed by atoms with Gasteiger partial charge >= 0.3 is 12.1 Å². The third-order valence-corrected chi connectivity index (χ3v) is 7.24. The highest BCUT2D eigenvalue weighted by Gasteiger charge is 2.36. The Balaban J connectivity index is 1.47. The van der Waals surface area contributed by atoms with Crippen molar-refractivity contribution < 1.29 is 23.9 Å². The summed E-state index contributed by atoms with van der Waals surface area (Å²) in [4.78, 5) is 37.9. The number of nitrogens with one attached hydrogen (secondary N) is 2. The van der Waals surface area contributed by atoms with Gasteiger partial charge in [-0.05, 0) is 62.3 Å². The van der Waals surface area contributed by atoms with Gasteiger partial charge in [0, 0.05) is 42.0 Å². The van der Waals surface area contributed by atoms with Gasteiger partial charge in [0.15, 0.2) is 0 Å². The number of amides is 4. The highest BCUT2D eigenvalue weighted by molar-refractivity contribution is 6.19. The van der Waals surface area contributed by atoms with Crippen molar-refractivity contribution in [1.29, 1.82) is 0 Å². The highest BCUT2D eigenvalue weighted by Crippen LogP contribution is 2.46. The molecule has 6 N–H and O–H groups in total. The van der Waals surface area contributed by atoms with Crippen LogP contribution in [-0.2, 0) is 16.1 Å². The van der Waals surface area contributed by atoms with Crippen LogP contribution in [0.25, 0.3) is 10.8 Å². The topological polar surface area (TPSA) is 149 Å². The van der Waals surface area contributed by atoms with E-state index in [9.17, 15) is 14.4 Å². The summed E-state index contributed by atoms with van der Waals surface area (Å²) in [5, 5.41) is 7.20. The fourth-order valence-corrected chi connectivity index (χ4v) is 5.15. The van der Waals surface area contributed by atoms with E-state index in [1.807, 2.05) is 63.2 Å². The number of anilines is 2. The number of carbonyl (C=O) groups excluding carboxylic acids is 3. The Morgan fingerprint density at radius 3 is 2.43 bits per heavy atom. The van der Waals surface area contributed by atoms with Crippen LogP contribution in [0, 0.1) is 0 Å². The smallest absolute Gasteiger partial charge is 0.414 e. The number of primary amides is 1. The number of nitrogens with two attached hydrogens (primary N) is 2. The number of halogens is 1. The Morgan fingerprint density at radius 2 is 1.79 bits per heavy atom.